The predicted octanol–water partition coefficient (Wildman–Crippen LogP) is 1.36. The summed E-state index contributed by atoms with van der Waals surface area (Å²) in [6.07, 6.45) is 0. The van der Waals surface area contributed by atoms with Gasteiger partial charge in [0.25, 0.3) is 0 Å². The quantitative estimate of drug-likeness (QED) is 0.375. The number of amides is 1. The third-order valence-corrected chi connectivity index (χ3v) is 2.42. The number of hydrogen-bond acceptors (Lipinski definition) is 5. The van der Waals surface area contributed by atoms with E-state index in [1.165, 1.54) is 6.92 Å². The number of nitrogens with zero attached hydrogens (tertiary/aromatic N) is 1. The van der Waals surface area contributed by atoms with E-state index in [4.69, 9.17) is 28.0 Å². The number of hydrogen-bond donors (Lipinski definition) is 2. The number of nitrogens with two attached hydrogens (primary N) is 1. The fourth-order valence-electron chi connectivity index (χ4n) is 1.25. The van der Waals surface area contributed by atoms with E-state index >= 15 is 0 Å². The van der Waals surface area contributed by atoms with Crippen molar-refractivity contribution in [1.29, 1.82) is 5.26 Å². The number of rotatable bonds is 4. The van der Waals surface area contributed by atoms with E-state index < -0.39 is 0 Å². The highest BCUT2D eigenvalue weighted by Gasteiger charge is 2.12. The molecular formula is C13H13N3O2S. The molecule has 0 fully saturated rings. The van der Waals surface area contributed by atoms with Crippen LogP contribution in [0.1, 0.15) is 12.5 Å². The minimum atomic E-state index is -0.367. The molecule has 0 aromatic heterocycles. The van der Waals surface area contributed by atoms with Gasteiger partial charge < -0.3 is 15.8 Å². The Labute approximate surface area is 116 Å². The van der Waals surface area contributed by atoms with Crippen LogP contribution in [0.2, 0.25) is 0 Å². The Morgan fingerprint density at radius 3 is 2.63 bits per heavy atom. The van der Waals surface area contributed by atoms with Gasteiger partial charge in [-0.05, 0) is 5.56 Å². The maximum atomic E-state index is 10.9. The fraction of sp³-hybridized carbons (Fsp3) is 0.154. The van der Waals surface area contributed by atoms with Gasteiger partial charge in [-0.25, -0.2) is 0 Å². The van der Waals surface area contributed by atoms with Crippen LogP contribution in [-0.4, -0.2) is 10.9 Å². The lowest BCUT2D eigenvalue weighted by Gasteiger charge is -2.09. The Kier molecular flexibility index (Phi) is 5.51. The number of nitriles is 1. The van der Waals surface area contributed by atoms with Crippen molar-refractivity contribution in [2.24, 2.45) is 5.73 Å². The van der Waals surface area contributed by atoms with Crippen molar-refractivity contribution in [3.63, 3.8) is 0 Å². The first-order chi connectivity index (χ1) is 9.04. The molecule has 1 amide bonds. The number of thiocarbonyl (C=S) groups is 1. The minimum Gasteiger partial charge on any atom is -0.473 e. The van der Waals surface area contributed by atoms with Gasteiger partial charge in [-0.2, -0.15) is 5.26 Å². The van der Waals surface area contributed by atoms with E-state index in [2.05, 4.69) is 5.32 Å². The highest BCUT2D eigenvalue weighted by atomic mass is 32.1. The molecule has 0 aliphatic heterocycles. The molecule has 1 rings (SSSR count). The van der Waals surface area contributed by atoms with Crippen LogP contribution in [0, 0.1) is 11.3 Å². The molecule has 19 heavy (non-hydrogen) atoms. The lowest BCUT2D eigenvalue weighted by Crippen LogP contribution is -2.29. The summed E-state index contributed by atoms with van der Waals surface area (Å²) >= 11 is 4.89. The van der Waals surface area contributed by atoms with Crippen molar-refractivity contribution in [2.45, 2.75) is 13.5 Å². The summed E-state index contributed by atoms with van der Waals surface area (Å²) in [6, 6.07) is 11.2. The maximum absolute atomic E-state index is 10.9. The van der Waals surface area contributed by atoms with Crippen LogP contribution in [-0.2, 0) is 16.1 Å². The number of benzene rings is 1. The summed E-state index contributed by atoms with van der Waals surface area (Å²) < 4.78 is 5.28. The molecule has 5 nitrogen and oxygen atoms in total. The summed E-state index contributed by atoms with van der Waals surface area (Å²) in [4.78, 5) is 10.8. The van der Waals surface area contributed by atoms with Crippen molar-refractivity contribution in [1.82, 2.24) is 5.32 Å². The average molecular weight is 275 g/mol. The van der Waals surface area contributed by atoms with Crippen LogP contribution < -0.4 is 11.1 Å². The molecule has 0 aliphatic rings. The topological polar surface area (TPSA) is 88.1 Å². The van der Waals surface area contributed by atoms with Gasteiger partial charge >= 0.3 is 0 Å². The molecule has 0 spiro atoms. The summed E-state index contributed by atoms with van der Waals surface area (Å²) in [5.41, 5.74) is 6.50. The SMILES string of the molecule is CC(=O)NC(=S)/C(C#N)=C(/N)OCc1ccccc1. The third-order valence-electron chi connectivity index (χ3n) is 2.11. The lowest BCUT2D eigenvalue weighted by atomic mass is 10.2. The molecule has 0 saturated carbocycles. The van der Waals surface area contributed by atoms with Crippen LogP contribution in [0.15, 0.2) is 41.8 Å². The third kappa shape index (κ3) is 4.77. The monoisotopic (exact) mass is 275 g/mol. The highest BCUT2D eigenvalue weighted by Crippen LogP contribution is 2.07. The zero-order valence-corrected chi connectivity index (χ0v) is 11.2. The molecule has 1 aromatic carbocycles. The van der Waals surface area contributed by atoms with Crippen molar-refractivity contribution in [3.8, 4) is 6.07 Å². The van der Waals surface area contributed by atoms with Crippen molar-refractivity contribution in [2.75, 3.05) is 0 Å². The van der Waals surface area contributed by atoms with Gasteiger partial charge in [0.15, 0.2) is 0 Å². The van der Waals surface area contributed by atoms with Gasteiger partial charge in [-0.1, -0.05) is 42.5 Å². The molecule has 0 heterocycles. The van der Waals surface area contributed by atoms with Gasteiger partial charge in [0.2, 0.25) is 11.8 Å². The molecule has 3 N–H and O–H groups in total. The zero-order valence-electron chi connectivity index (χ0n) is 10.3. The molecule has 98 valence electrons. The van der Waals surface area contributed by atoms with E-state index in [1.807, 2.05) is 36.4 Å². The van der Waals surface area contributed by atoms with Crippen molar-refractivity contribution in [3.05, 3.63) is 47.4 Å². The molecule has 1 aromatic rings. The van der Waals surface area contributed by atoms with Crippen molar-refractivity contribution < 1.29 is 9.53 Å². The molecule has 0 unspecified atom stereocenters. The molecule has 0 bridgehead atoms. The standard InChI is InChI=1S/C13H13N3O2S/c1-9(17)16-13(19)11(7-14)12(15)18-8-10-5-3-2-4-6-10/h2-6H,8,15H2,1H3,(H,16,17,19)/b12-11-. The predicted molar refractivity (Wildman–Crippen MR) is 74.5 cm³/mol. The number of nitrogens with one attached hydrogen (secondary N) is 1. The fourth-order valence-corrected chi connectivity index (χ4v) is 1.54. The molecular weight excluding hydrogens is 262 g/mol. The normalized spacial score (nSPS) is 10.9. The molecule has 0 atom stereocenters. The summed E-state index contributed by atoms with van der Waals surface area (Å²) in [5, 5.41) is 11.3. The Bertz CT molecular complexity index is 547. The smallest absolute Gasteiger partial charge is 0.221 e. The van der Waals surface area contributed by atoms with Gasteiger partial charge in [0.05, 0.1) is 0 Å². The van der Waals surface area contributed by atoms with Gasteiger partial charge in [0, 0.05) is 6.92 Å². The molecule has 6 heteroatoms. The number of carbonyl (C=O) groups is 1. The first kappa shape index (κ1) is 14.7. The van der Waals surface area contributed by atoms with Gasteiger partial charge in [0.1, 0.15) is 23.2 Å². The van der Waals surface area contributed by atoms with Crippen molar-refractivity contribution >= 4 is 23.1 Å². The largest absolute Gasteiger partial charge is 0.473 e. The second-order valence-corrected chi connectivity index (χ2v) is 4.04. The summed E-state index contributed by atoms with van der Waals surface area (Å²) in [7, 11) is 0. The second kappa shape index (κ2) is 7.13. The van der Waals surface area contributed by atoms with Crippen LogP contribution in [0.25, 0.3) is 0 Å². The molecule has 0 radical (unpaired) electrons. The van der Waals surface area contributed by atoms with Crippen LogP contribution in [0.3, 0.4) is 0 Å². The Hall–Kier alpha value is -2.39. The molecule has 0 aliphatic carbocycles. The van der Waals surface area contributed by atoms with E-state index in [1.54, 1.807) is 0 Å². The Balaban J connectivity index is 2.74. The minimum absolute atomic E-state index is 0.0411. The Morgan fingerprint density at radius 2 is 2.11 bits per heavy atom. The molecule has 0 saturated heterocycles. The maximum Gasteiger partial charge on any atom is 0.221 e. The highest BCUT2D eigenvalue weighted by molar-refractivity contribution is 7.80. The number of carbonyl (C=O) groups excluding carboxylic acids is 1. The summed E-state index contributed by atoms with van der Waals surface area (Å²) in [6.45, 7) is 1.52. The zero-order chi connectivity index (χ0) is 14.3. The first-order valence-corrected chi connectivity index (χ1v) is 5.84. The van der Waals surface area contributed by atoms with Crippen LogP contribution >= 0.6 is 12.2 Å². The Morgan fingerprint density at radius 1 is 1.47 bits per heavy atom. The van der Waals surface area contributed by atoms with Crippen LogP contribution in [0.4, 0.5) is 0 Å². The van der Waals surface area contributed by atoms with E-state index in [0.717, 1.165) is 5.56 Å². The van der Waals surface area contributed by atoms with Gasteiger partial charge in [-0.3, -0.25) is 4.79 Å². The lowest BCUT2D eigenvalue weighted by molar-refractivity contribution is -0.117. The van der Waals surface area contributed by atoms with Gasteiger partial charge in [-0.15, -0.1) is 0 Å². The summed E-state index contributed by atoms with van der Waals surface area (Å²) in [5.74, 6) is -0.473. The second-order valence-electron chi connectivity index (χ2n) is 3.64. The average Bonchev–Trinajstić information content (AvgIpc) is 2.37. The first-order valence-electron chi connectivity index (χ1n) is 5.43. The van der Waals surface area contributed by atoms with Crippen LogP contribution in [0.5, 0.6) is 0 Å². The number of ether oxygens (including phenoxy) is 1. The van der Waals surface area contributed by atoms with E-state index in [-0.39, 0.29) is 29.0 Å². The van der Waals surface area contributed by atoms with E-state index in [0.29, 0.717) is 0 Å². The van der Waals surface area contributed by atoms with E-state index in [9.17, 15) is 4.79 Å².